The van der Waals surface area contributed by atoms with Gasteiger partial charge >= 0.3 is 5.69 Å². The molecule has 2 heterocycles. The number of benzene rings is 2. The zero-order chi connectivity index (χ0) is 23.9. The van der Waals surface area contributed by atoms with E-state index in [1.165, 1.54) is 0 Å². The van der Waals surface area contributed by atoms with Gasteiger partial charge in [0.15, 0.2) is 0 Å². The van der Waals surface area contributed by atoms with Crippen molar-refractivity contribution in [1.29, 1.82) is 0 Å². The third-order valence-electron chi connectivity index (χ3n) is 6.22. The summed E-state index contributed by atoms with van der Waals surface area (Å²) >= 11 is 0. The lowest BCUT2D eigenvalue weighted by Crippen LogP contribution is -2.39. The summed E-state index contributed by atoms with van der Waals surface area (Å²) < 4.78 is 8.96. The van der Waals surface area contributed by atoms with Crippen LogP contribution in [0.25, 0.3) is 0 Å². The number of piperidine rings is 1. The molecule has 4 rings (SSSR count). The largest absolute Gasteiger partial charge is 0.492 e. The van der Waals surface area contributed by atoms with Crippen LogP contribution in [0.15, 0.2) is 59.4 Å². The SMILES string of the molecule is CCOc1ccccc1NC(=O)CN1CCC(c2nn(Cc3ccccc3)c(=O)n2CC)CC1. The molecule has 1 saturated heterocycles. The van der Waals surface area contributed by atoms with Gasteiger partial charge in [0.25, 0.3) is 0 Å². The topological polar surface area (TPSA) is 81.4 Å². The third-order valence-corrected chi connectivity index (χ3v) is 6.22. The highest BCUT2D eigenvalue weighted by Crippen LogP contribution is 2.27. The normalized spacial score (nSPS) is 14.8. The van der Waals surface area contributed by atoms with E-state index in [0.717, 1.165) is 37.3 Å². The molecule has 2 aromatic carbocycles. The molecule has 3 aromatic rings. The van der Waals surface area contributed by atoms with E-state index in [1.807, 2.05) is 68.4 Å². The van der Waals surface area contributed by atoms with Crippen LogP contribution in [0.3, 0.4) is 0 Å². The third kappa shape index (κ3) is 5.56. The lowest BCUT2D eigenvalue weighted by Gasteiger charge is -2.31. The number of nitrogens with one attached hydrogen (secondary N) is 1. The van der Waals surface area contributed by atoms with Crippen LogP contribution in [-0.4, -0.2) is 51.4 Å². The molecule has 1 aliphatic heterocycles. The molecule has 1 N–H and O–H groups in total. The Bertz CT molecular complexity index is 1150. The number of aromatic nitrogens is 3. The molecule has 0 saturated carbocycles. The van der Waals surface area contributed by atoms with Gasteiger partial charge in [-0.15, -0.1) is 0 Å². The Morgan fingerprint density at radius 3 is 2.47 bits per heavy atom. The maximum atomic E-state index is 12.9. The Kier molecular flexibility index (Phi) is 7.80. The molecule has 1 aromatic heterocycles. The standard InChI is InChI=1S/C26H33N5O3/c1-3-30-25(28-31(26(30)33)18-20-10-6-5-7-11-20)21-14-16-29(17-15-21)19-24(32)27-22-12-8-9-13-23(22)34-4-2/h5-13,21H,3-4,14-19H2,1-2H3,(H,27,32). The zero-order valence-electron chi connectivity index (χ0n) is 19.9. The molecule has 34 heavy (non-hydrogen) atoms. The predicted octanol–water partition coefficient (Wildman–Crippen LogP) is 3.33. The molecule has 180 valence electrons. The highest BCUT2D eigenvalue weighted by molar-refractivity contribution is 5.93. The smallest absolute Gasteiger partial charge is 0.346 e. The highest BCUT2D eigenvalue weighted by Gasteiger charge is 2.27. The summed E-state index contributed by atoms with van der Waals surface area (Å²) in [5.41, 5.74) is 1.69. The summed E-state index contributed by atoms with van der Waals surface area (Å²) in [6, 6.07) is 17.4. The fourth-order valence-electron chi connectivity index (χ4n) is 4.51. The van der Waals surface area contributed by atoms with Crippen molar-refractivity contribution in [1.82, 2.24) is 19.2 Å². The van der Waals surface area contributed by atoms with Gasteiger partial charge in [-0.1, -0.05) is 42.5 Å². The highest BCUT2D eigenvalue weighted by atomic mass is 16.5. The van der Waals surface area contributed by atoms with E-state index in [-0.39, 0.29) is 17.5 Å². The van der Waals surface area contributed by atoms with E-state index >= 15 is 0 Å². The number of rotatable bonds is 9. The number of hydrogen-bond donors (Lipinski definition) is 1. The minimum atomic E-state index is -0.0591. The van der Waals surface area contributed by atoms with Crippen molar-refractivity contribution >= 4 is 11.6 Å². The molecule has 1 fully saturated rings. The quantitative estimate of drug-likeness (QED) is 0.527. The number of amides is 1. The van der Waals surface area contributed by atoms with Gasteiger partial charge in [-0.2, -0.15) is 5.10 Å². The second-order valence-corrected chi connectivity index (χ2v) is 8.56. The van der Waals surface area contributed by atoms with Crippen LogP contribution in [-0.2, 0) is 17.9 Å². The van der Waals surface area contributed by atoms with Crippen LogP contribution in [0.5, 0.6) is 5.75 Å². The number of carbonyl (C=O) groups is 1. The second-order valence-electron chi connectivity index (χ2n) is 8.56. The number of likely N-dealkylation sites (tertiary alicyclic amines) is 1. The summed E-state index contributed by atoms with van der Waals surface area (Å²) in [7, 11) is 0. The minimum absolute atomic E-state index is 0.0526. The molecule has 0 atom stereocenters. The molecule has 0 spiro atoms. The van der Waals surface area contributed by atoms with Crippen molar-refractivity contribution in [3.63, 3.8) is 0 Å². The van der Waals surface area contributed by atoms with E-state index in [0.29, 0.717) is 37.7 Å². The number of para-hydroxylation sites is 2. The summed E-state index contributed by atoms with van der Waals surface area (Å²) in [6.45, 7) is 7.43. The minimum Gasteiger partial charge on any atom is -0.492 e. The molecule has 0 bridgehead atoms. The number of anilines is 1. The van der Waals surface area contributed by atoms with Crippen LogP contribution >= 0.6 is 0 Å². The summed E-state index contributed by atoms with van der Waals surface area (Å²) in [6.07, 6.45) is 1.73. The average Bonchev–Trinajstić information content (AvgIpc) is 3.16. The monoisotopic (exact) mass is 463 g/mol. The van der Waals surface area contributed by atoms with Crippen LogP contribution < -0.4 is 15.7 Å². The first-order valence-corrected chi connectivity index (χ1v) is 12.0. The fourth-order valence-corrected chi connectivity index (χ4v) is 4.51. The van der Waals surface area contributed by atoms with Gasteiger partial charge in [-0.3, -0.25) is 14.3 Å². The Morgan fingerprint density at radius 2 is 1.76 bits per heavy atom. The predicted molar refractivity (Wildman–Crippen MR) is 132 cm³/mol. The molecule has 8 nitrogen and oxygen atoms in total. The average molecular weight is 464 g/mol. The van der Waals surface area contributed by atoms with Crippen molar-refractivity contribution in [3.8, 4) is 5.75 Å². The molecule has 0 aliphatic carbocycles. The Balaban J connectivity index is 1.36. The van der Waals surface area contributed by atoms with E-state index in [9.17, 15) is 9.59 Å². The first-order chi connectivity index (χ1) is 16.6. The maximum Gasteiger partial charge on any atom is 0.346 e. The summed E-state index contributed by atoms with van der Waals surface area (Å²) in [4.78, 5) is 27.7. The zero-order valence-corrected chi connectivity index (χ0v) is 19.9. The number of nitrogens with zero attached hydrogens (tertiary/aromatic N) is 4. The van der Waals surface area contributed by atoms with Crippen LogP contribution in [0.4, 0.5) is 5.69 Å². The van der Waals surface area contributed by atoms with E-state index in [1.54, 1.807) is 9.25 Å². The number of hydrogen-bond acceptors (Lipinski definition) is 5. The molecule has 0 radical (unpaired) electrons. The molecule has 8 heteroatoms. The van der Waals surface area contributed by atoms with Crippen LogP contribution in [0, 0.1) is 0 Å². The number of ether oxygens (including phenoxy) is 1. The van der Waals surface area contributed by atoms with Crippen molar-refractivity contribution in [3.05, 3.63) is 76.5 Å². The van der Waals surface area contributed by atoms with Crippen molar-refractivity contribution in [2.75, 3.05) is 31.6 Å². The van der Waals surface area contributed by atoms with Gasteiger partial charge in [-0.05, 0) is 57.5 Å². The van der Waals surface area contributed by atoms with E-state index in [4.69, 9.17) is 9.84 Å². The van der Waals surface area contributed by atoms with Gasteiger partial charge in [0.2, 0.25) is 5.91 Å². The molecule has 0 unspecified atom stereocenters. The van der Waals surface area contributed by atoms with Crippen molar-refractivity contribution in [2.45, 2.75) is 45.7 Å². The lowest BCUT2D eigenvalue weighted by atomic mass is 9.96. The second kappa shape index (κ2) is 11.2. The molecule has 1 amide bonds. The van der Waals surface area contributed by atoms with Crippen molar-refractivity contribution in [2.24, 2.45) is 0 Å². The lowest BCUT2D eigenvalue weighted by molar-refractivity contribution is -0.117. The van der Waals surface area contributed by atoms with E-state index in [2.05, 4.69) is 10.2 Å². The summed E-state index contributed by atoms with van der Waals surface area (Å²) in [5.74, 6) is 1.70. The van der Waals surface area contributed by atoms with E-state index < -0.39 is 0 Å². The van der Waals surface area contributed by atoms with Gasteiger partial charge in [-0.25, -0.2) is 9.48 Å². The number of carbonyl (C=O) groups excluding carboxylic acids is 1. The van der Waals surface area contributed by atoms with Gasteiger partial charge < -0.3 is 10.1 Å². The molecular weight excluding hydrogens is 430 g/mol. The fraction of sp³-hybridized carbons (Fsp3) is 0.423. The van der Waals surface area contributed by atoms with Gasteiger partial charge in [0, 0.05) is 12.5 Å². The van der Waals surface area contributed by atoms with Gasteiger partial charge in [0.1, 0.15) is 11.6 Å². The first-order valence-electron chi connectivity index (χ1n) is 12.0. The Morgan fingerprint density at radius 1 is 1.06 bits per heavy atom. The van der Waals surface area contributed by atoms with Crippen LogP contribution in [0.1, 0.15) is 44.0 Å². The molecular formula is C26H33N5O3. The maximum absolute atomic E-state index is 12.9. The van der Waals surface area contributed by atoms with Gasteiger partial charge in [0.05, 0.1) is 25.4 Å². The molecule has 1 aliphatic rings. The van der Waals surface area contributed by atoms with Crippen LogP contribution in [0.2, 0.25) is 0 Å². The Hall–Kier alpha value is -3.39. The summed E-state index contributed by atoms with van der Waals surface area (Å²) in [5, 5.41) is 7.69. The van der Waals surface area contributed by atoms with Crippen molar-refractivity contribution < 1.29 is 9.53 Å². The first kappa shape index (κ1) is 23.8. The Labute approximate surface area is 200 Å².